The van der Waals surface area contributed by atoms with E-state index in [1.54, 1.807) is 30.3 Å². The molecule has 0 aliphatic carbocycles. The van der Waals surface area contributed by atoms with Crippen molar-refractivity contribution in [3.8, 4) is 5.75 Å². The predicted octanol–water partition coefficient (Wildman–Crippen LogP) is 5.04. The highest BCUT2D eigenvalue weighted by Gasteiger charge is 2.15. The molecule has 1 amide bonds. The third-order valence-corrected chi connectivity index (χ3v) is 4.11. The maximum atomic E-state index is 12.4. The van der Waals surface area contributed by atoms with Crippen molar-refractivity contribution in [2.24, 2.45) is 0 Å². The van der Waals surface area contributed by atoms with Crippen molar-refractivity contribution < 1.29 is 9.53 Å². The first-order chi connectivity index (χ1) is 11.8. The van der Waals surface area contributed by atoms with E-state index in [4.69, 9.17) is 4.74 Å². The summed E-state index contributed by atoms with van der Waals surface area (Å²) in [5.41, 5.74) is 3.11. The largest absolute Gasteiger partial charge is 0.490 e. The zero-order chi connectivity index (χ0) is 18.4. The lowest BCUT2D eigenvalue weighted by Crippen LogP contribution is -2.26. The summed E-state index contributed by atoms with van der Waals surface area (Å²) < 4.78 is 5.43. The average molecular weight is 337 g/mol. The number of benzene rings is 2. The summed E-state index contributed by atoms with van der Waals surface area (Å²) in [6.45, 7) is 12.6. The fourth-order valence-corrected chi connectivity index (χ4v) is 2.49. The summed E-state index contributed by atoms with van der Waals surface area (Å²) in [7, 11) is 0. The van der Waals surface area contributed by atoms with Crippen molar-refractivity contribution in [2.75, 3.05) is 6.61 Å². The molecule has 0 aromatic heterocycles. The van der Waals surface area contributed by atoms with E-state index in [1.807, 2.05) is 6.92 Å². The zero-order valence-electron chi connectivity index (χ0n) is 15.5. The van der Waals surface area contributed by atoms with Gasteiger partial charge >= 0.3 is 0 Å². The van der Waals surface area contributed by atoms with E-state index in [-0.39, 0.29) is 17.4 Å². The Morgan fingerprint density at radius 3 is 2.24 bits per heavy atom. The highest BCUT2D eigenvalue weighted by atomic mass is 16.5. The van der Waals surface area contributed by atoms with Gasteiger partial charge in [-0.2, -0.15) is 0 Å². The summed E-state index contributed by atoms with van der Waals surface area (Å²) in [6, 6.07) is 15.5. The van der Waals surface area contributed by atoms with Gasteiger partial charge in [0.2, 0.25) is 0 Å². The first kappa shape index (κ1) is 18.8. The van der Waals surface area contributed by atoms with E-state index < -0.39 is 0 Å². The topological polar surface area (TPSA) is 38.3 Å². The number of hydrogen-bond donors (Lipinski definition) is 1. The van der Waals surface area contributed by atoms with Crippen LogP contribution in [-0.2, 0) is 5.41 Å². The number of rotatable bonds is 6. The zero-order valence-corrected chi connectivity index (χ0v) is 15.5. The maximum absolute atomic E-state index is 12.4. The summed E-state index contributed by atoms with van der Waals surface area (Å²) in [5, 5.41) is 3.04. The lowest BCUT2D eigenvalue weighted by molar-refractivity contribution is 0.0940. The number of amides is 1. The molecule has 0 spiro atoms. The first-order valence-electron chi connectivity index (χ1n) is 8.56. The van der Waals surface area contributed by atoms with Crippen LogP contribution in [0.4, 0.5) is 0 Å². The molecule has 0 radical (unpaired) electrons. The monoisotopic (exact) mass is 337 g/mol. The third-order valence-electron chi connectivity index (χ3n) is 4.11. The van der Waals surface area contributed by atoms with Crippen molar-refractivity contribution in [2.45, 2.75) is 39.2 Å². The Hall–Kier alpha value is -2.55. The molecule has 3 heteroatoms. The molecule has 2 rings (SSSR count). The molecule has 25 heavy (non-hydrogen) atoms. The van der Waals surface area contributed by atoms with Crippen LogP contribution < -0.4 is 10.1 Å². The molecule has 0 fully saturated rings. The minimum absolute atomic E-state index is 0.0572. The smallest absolute Gasteiger partial charge is 0.251 e. The van der Waals surface area contributed by atoms with Crippen LogP contribution in [0.3, 0.4) is 0 Å². The number of carbonyl (C=O) groups excluding carboxylic acids is 1. The van der Waals surface area contributed by atoms with Gasteiger partial charge in [-0.15, -0.1) is 0 Å². The van der Waals surface area contributed by atoms with Crippen LogP contribution in [0.15, 0.2) is 61.2 Å². The maximum Gasteiger partial charge on any atom is 0.251 e. The molecule has 3 nitrogen and oxygen atoms in total. The van der Waals surface area contributed by atoms with Crippen LogP contribution in [0.5, 0.6) is 5.75 Å². The first-order valence-corrected chi connectivity index (χ1v) is 8.56. The van der Waals surface area contributed by atoms with Crippen molar-refractivity contribution in [1.82, 2.24) is 5.32 Å². The molecule has 0 aliphatic rings. The van der Waals surface area contributed by atoms with Gasteiger partial charge in [-0.1, -0.05) is 57.7 Å². The minimum atomic E-state index is -0.0948. The van der Waals surface area contributed by atoms with Gasteiger partial charge in [0.1, 0.15) is 12.4 Å². The van der Waals surface area contributed by atoms with Gasteiger partial charge in [0, 0.05) is 5.56 Å². The Morgan fingerprint density at radius 1 is 1.12 bits per heavy atom. The van der Waals surface area contributed by atoms with E-state index in [2.05, 4.69) is 56.9 Å². The van der Waals surface area contributed by atoms with E-state index in [0.29, 0.717) is 12.2 Å². The van der Waals surface area contributed by atoms with Crippen molar-refractivity contribution in [3.05, 3.63) is 77.9 Å². The predicted molar refractivity (Wildman–Crippen MR) is 103 cm³/mol. The molecule has 132 valence electrons. The number of carbonyl (C=O) groups is 1. The molecule has 0 unspecified atom stereocenters. The number of nitrogens with one attached hydrogen (secondary N) is 1. The Balaban J connectivity index is 2.00. The summed E-state index contributed by atoms with van der Waals surface area (Å²) >= 11 is 0. The van der Waals surface area contributed by atoms with Crippen LogP contribution in [0, 0.1) is 0 Å². The summed E-state index contributed by atoms with van der Waals surface area (Å²) in [6.07, 6.45) is 1.69. The Morgan fingerprint density at radius 2 is 1.72 bits per heavy atom. The summed E-state index contributed by atoms with van der Waals surface area (Å²) in [4.78, 5) is 12.4. The molecular formula is C22H27NO2. The van der Waals surface area contributed by atoms with E-state index in [9.17, 15) is 4.79 Å². The fraction of sp³-hybridized carbons (Fsp3) is 0.318. The quantitative estimate of drug-likeness (QED) is 0.750. The minimum Gasteiger partial charge on any atom is -0.490 e. The SMILES string of the molecule is C=CCOc1ccc(C(=O)N[C@@H](C)c2ccc(C(C)(C)C)cc2)cc1. The molecule has 0 heterocycles. The highest BCUT2D eigenvalue weighted by molar-refractivity contribution is 5.94. The van der Waals surface area contributed by atoms with Crippen LogP contribution in [0.25, 0.3) is 0 Å². The molecular weight excluding hydrogens is 310 g/mol. The molecule has 0 aliphatic heterocycles. The average Bonchev–Trinajstić information content (AvgIpc) is 2.59. The second-order valence-corrected chi connectivity index (χ2v) is 7.19. The molecule has 0 saturated heterocycles. The third kappa shape index (κ3) is 5.21. The van der Waals surface area contributed by atoms with Gasteiger partial charge in [-0.05, 0) is 47.7 Å². The number of hydrogen-bond acceptors (Lipinski definition) is 2. The van der Waals surface area contributed by atoms with Crippen LogP contribution in [-0.4, -0.2) is 12.5 Å². The molecule has 1 atom stereocenters. The van der Waals surface area contributed by atoms with E-state index in [0.717, 1.165) is 11.3 Å². The molecule has 2 aromatic rings. The van der Waals surface area contributed by atoms with Gasteiger partial charge in [-0.25, -0.2) is 0 Å². The van der Waals surface area contributed by atoms with Gasteiger partial charge in [0.05, 0.1) is 6.04 Å². The summed E-state index contributed by atoms with van der Waals surface area (Å²) in [5.74, 6) is 0.630. The molecule has 0 bridgehead atoms. The van der Waals surface area contributed by atoms with Crippen molar-refractivity contribution in [3.63, 3.8) is 0 Å². The molecule has 1 N–H and O–H groups in total. The lowest BCUT2D eigenvalue weighted by Gasteiger charge is -2.20. The van der Waals surface area contributed by atoms with Gasteiger partial charge in [0.25, 0.3) is 5.91 Å². The van der Waals surface area contributed by atoms with Gasteiger partial charge < -0.3 is 10.1 Å². The van der Waals surface area contributed by atoms with E-state index >= 15 is 0 Å². The lowest BCUT2D eigenvalue weighted by atomic mass is 9.86. The van der Waals surface area contributed by atoms with Gasteiger partial charge in [-0.3, -0.25) is 4.79 Å². The fourth-order valence-electron chi connectivity index (χ4n) is 2.49. The van der Waals surface area contributed by atoms with Crippen LogP contribution in [0.2, 0.25) is 0 Å². The van der Waals surface area contributed by atoms with E-state index in [1.165, 1.54) is 5.56 Å². The highest BCUT2D eigenvalue weighted by Crippen LogP contribution is 2.24. The second kappa shape index (κ2) is 8.02. The second-order valence-electron chi connectivity index (χ2n) is 7.19. The molecule has 2 aromatic carbocycles. The van der Waals surface area contributed by atoms with Crippen LogP contribution >= 0.6 is 0 Å². The van der Waals surface area contributed by atoms with Crippen LogP contribution in [0.1, 0.15) is 55.2 Å². The molecule has 0 saturated carbocycles. The Bertz CT molecular complexity index is 709. The standard InChI is InChI=1S/C22H27NO2/c1-6-15-25-20-13-9-18(10-14-20)21(24)23-16(2)17-7-11-19(12-8-17)22(3,4)5/h6-14,16H,1,15H2,2-5H3,(H,23,24)/t16-/m0/s1. The van der Waals surface area contributed by atoms with Crippen molar-refractivity contribution >= 4 is 5.91 Å². The Kier molecular flexibility index (Phi) is 6.02. The van der Waals surface area contributed by atoms with Gasteiger partial charge in [0.15, 0.2) is 0 Å². The normalized spacial score (nSPS) is 12.3. The number of ether oxygens (including phenoxy) is 1. The Labute approximate surface area is 150 Å². The van der Waals surface area contributed by atoms with Crippen molar-refractivity contribution in [1.29, 1.82) is 0 Å².